The molecule has 0 amide bonds. The number of benzene rings is 1. The maximum atomic E-state index is 4.21. The topological polar surface area (TPSA) is 41.0 Å². The molecule has 1 aromatic heterocycles. The lowest BCUT2D eigenvalue weighted by molar-refractivity contribution is 0.173. The third kappa shape index (κ3) is 4.26. The number of likely N-dealkylation sites (tertiary alicyclic amines) is 1. The number of hydrogen-bond acceptors (Lipinski definition) is 4. The molecule has 110 valence electrons. The molecular weight excluding hydrogens is 260 g/mol. The van der Waals surface area contributed by atoms with E-state index in [1.54, 1.807) is 12.5 Å². The zero-order chi connectivity index (χ0) is 14.3. The van der Waals surface area contributed by atoms with E-state index in [1.807, 2.05) is 6.07 Å². The molecule has 1 aromatic carbocycles. The highest BCUT2D eigenvalue weighted by atomic mass is 15.1. The first-order chi connectivity index (χ1) is 10.4. The third-order valence-corrected chi connectivity index (χ3v) is 4.01. The fourth-order valence-corrected chi connectivity index (χ4v) is 2.95. The molecule has 1 atom stereocenters. The number of rotatable bonds is 5. The molecule has 1 fully saturated rings. The highest BCUT2D eigenvalue weighted by Crippen LogP contribution is 2.19. The zero-order valence-corrected chi connectivity index (χ0v) is 12.3. The van der Waals surface area contributed by atoms with Crippen LogP contribution in [0.25, 0.3) is 0 Å². The zero-order valence-electron chi connectivity index (χ0n) is 12.3. The molecule has 0 radical (unpaired) electrons. The lowest BCUT2D eigenvalue weighted by Crippen LogP contribution is -2.37. The monoisotopic (exact) mass is 282 g/mol. The molecule has 4 heteroatoms. The van der Waals surface area contributed by atoms with E-state index >= 15 is 0 Å². The maximum Gasteiger partial charge on any atom is 0.129 e. The van der Waals surface area contributed by atoms with Crippen molar-refractivity contribution in [3.05, 3.63) is 54.5 Å². The summed E-state index contributed by atoms with van der Waals surface area (Å²) in [4.78, 5) is 10.7. The molecule has 1 aliphatic heterocycles. The Labute approximate surface area is 126 Å². The Balaban J connectivity index is 1.49. The Bertz CT molecular complexity index is 529. The van der Waals surface area contributed by atoms with Crippen molar-refractivity contribution in [1.82, 2.24) is 14.9 Å². The molecule has 1 N–H and O–H groups in total. The second kappa shape index (κ2) is 7.18. The van der Waals surface area contributed by atoms with Crippen molar-refractivity contribution in [2.75, 3.05) is 25.0 Å². The molecule has 0 aliphatic carbocycles. The van der Waals surface area contributed by atoms with E-state index in [1.165, 1.54) is 24.9 Å². The predicted molar refractivity (Wildman–Crippen MR) is 85.0 cm³/mol. The van der Waals surface area contributed by atoms with Gasteiger partial charge in [0.25, 0.3) is 0 Å². The molecule has 0 unspecified atom stereocenters. The van der Waals surface area contributed by atoms with E-state index in [4.69, 9.17) is 0 Å². The fraction of sp³-hybridized carbons (Fsp3) is 0.412. The minimum absolute atomic E-state index is 0.692. The quantitative estimate of drug-likeness (QED) is 0.915. The van der Waals surface area contributed by atoms with E-state index in [2.05, 4.69) is 50.5 Å². The summed E-state index contributed by atoms with van der Waals surface area (Å²) in [5.74, 6) is 1.61. The highest BCUT2D eigenvalue weighted by Gasteiger charge is 2.19. The molecule has 1 saturated heterocycles. The summed E-state index contributed by atoms with van der Waals surface area (Å²) in [5, 5.41) is 3.42. The van der Waals surface area contributed by atoms with Crippen molar-refractivity contribution in [3.8, 4) is 0 Å². The SMILES string of the molecule is c1ccc(CN2CCC[C@@H](CNc3ccncn3)C2)cc1. The van der Waals surface area contributed by atoms with E-state index in [9.17, 15) is 0 Å². The van der Waals surface area contributed by atoms with Crippen molar-refractivity contribution in [2.24, 2.45) is 5.92 Å². The lowest BCUT2D eigenvalue weighted by Gasteiger charge is -2.33. The van der Waals surface area contributed by atoms with Crippen molar-refractivity contribution in [3.63, 3.8) is 0 Å². The Hall–Kier alpha value is -1.94. The summed E-state index contributed by atoms with van der Waals surface area (Å²) in [6, 6.07) is 12.7. The first-order valence-corrected chi connectivity index (χ1v) is 7.66. The van der Waals surface area contributed by atoms with E-state index in [0.717, 1.165) is 25.5 Å². The van der Waals surface area contributed by atoms with Crippen molar-refractivity contribution < 1.29 is 0 Å². The summed E-state index contributed by atoms with van der Waals surface area (Å²) in [6.45, 7) is 4.42. The Kier molecular flexibility index (Phi) is 4.79. The van der Waals surface area contributed by atoms with Crippen LogP contribution in [0.1, 0.15) is 18.4 Å². The van der Waals surface area contributed by atoms with E-state index in [-0.39, 0.29) is 0 Å². The maximum absolute atomic E-state index is 4.21. The second-order valence-corrected chi connectivity index (χ2v) is 5.70. The average molecular weight is 282 g/mol. The van der Waals surface area contributed by atoms with Gasteiger partial charge < -0.3 is 5.32 Å². The number of hydrogen-bond donors (Lipinski definition) is 1. The van der Waals surface area contributed by atoms with Crippen molar-refractivity contribution in [1.29, 1.82) is 0 Å². The average Bonchev–Trinajstić information content (AvgIpc) is 2.55. The lowest BCUT2D eigenvalue weighted by atomic mass is 9.97. The Morgan fingerprint density at radius 3 is 2.90 bits per heavy atom. The van der Waals surface area contributed by atoms with Crippen LogP contribution in [-0.2, 0) is 6.54 Å². The smallest absolute Gasteiger partial charge is 0.129 e. The molecular formula is C17H22N4. The van der Waals surface area contributed by atoms with Gasteiger partial charge in [0.2, 0.25) is 0 Å². The Morgan fingerprint density at radius 2 is 2.10 bits per heavy atom. The minimum Gasteiger partial charge on any atom is -0.370 e. The van der Waals surface area contributed by atoms with E-state index in [0.29, 0.717) is 5.92 Å². The van der Waals surface area contributed by atoms with Gasteiger partial charge in [0.05, 0.1) is 0 Å². The van der Waals surface area contributed by atoms with Gasteiger partial charge in [-0.25, -0.2) is 9.97 Å². The van der Waals surface area contributed by atoms with Crippen LogP contribution in [0.15, 0.2) is 48.9 Å². The van der Waals surface area contributed by atoms with Crippen LogP contribution in [0, 0.1) is 5.92 Å². The molecule has 21 heavy (non-hydrogen) atoms. The predicted octanol–water partition coefficient (Wildman–Crippen LogP) is 2.80. The van der Waals surface area contributed by atoms with Crippen LogP contribution in [0.4, 0.5) is 5.82 Å². The van der Waals surface area contributed by atoms with Crippen LogP contribution in [0.5, 0.6) is 0 Å². The van der Waals surface area contributed by atoms with Gasteiger partial charge in [0.1, 0.15) is 12.1 Å². The van der Waals surface area contributed by atoms with Crippen LogP contribution in [0.2, 0.25) is 0 Å². The van der Waals surface area contributed by atoms with Crippen LogP contribution >= 0.6 is 0 Å². The highest BCUT2D eigenvalue weighted by molar-refractivity contribution is 5.31. The van der Waals surface area contributed by atoms with Gasteiger partial charge >= 0.3 is 0 Å². The molecule has 0 spiro atoms. The molecule has 1 aliphatic rings. The normalized spacial score (nSPS) is 19.3. The Morgan fingerprint density at radius 1 is 1.19 bits per heavy atom. The molecule has 3 rings (SSSR count). The van der Waals surface area contributed by atoms with Gasteiger partial charge in [-0.2, -0.15) is 0 Å². The van der Waals surface area contributed by atoms with Gasteiger partial charge in [0.15, 0.2) is 0 Å². The minimum atomic E-state index is 0.692. The number of anilines is 1. The molecule has 4 nitrogen and oxygen atoms in total. The molecule has 0 saturated carbocycles. The van der Waals surface area contributed by atoms with Gasteiger partial charge in [-0.05, 0) is 36.9 Å². The summed E-state index contributed by atoms with van der Waals surface area (Å²) in [5.41, 5.74) is 1.40. The first-order valence-electron chi connectivity index (χ1n) is 7.66. The fourth-order valence-electron chi connectivity index (χ4n) is 2.95. The summed E-state index contributed by atoms with van der Waals surface area (Å²) < 4.78 is 0. The first kappa shape index (κ1) is 14.0. The second-order valence-electron chi connectivity index (χ2n) is 5.70. The molecule has 2 aromatic rings. The summed E-state index contributed by atoms with van der Waals surface area (Å²) >= 11 is 0. The standard InChI is InChI=1S/C17H22N4/c1-2-5-15(6-3-1)12-21-10-4-7-16(13-21)11-19-17-8-9-18-14-20-17/h1-3,5-6,8-9,14,16H,4,7,10-13H2,(H,18,19,20)/t16-/m0/s1. The number of piperidine rings is 1. The number of nitrogens with one attached hydrogen (secondary N) is 1. The van der Waals surface area contributed by atoms with Crippen molar-refractivity contribution >= 4 is 5.82 Å². The van der Waals surface area contributed by atoms with Crippen LogP contribution in [-0.4, -0.2) is 34.5 Å². The number of aromatic nitrogens is 2. The van der Waals surface area contributed by atoms with Gasteiger partial charge in [-0.3, -0.25) is 4.90 Å². The van der Waals surface area contributed by atoms with Gasteiger partial charge in [-0.15, -0.1) is 0 Å². The van der Waals surface area contributed by atoms with Crippen molar-refractivity contribution in [2.45, 2.75) is 19.4 Å². The van der Waals surface area contributed by atoms with Gasteiger partial charge in [0, 0.05) is 25.8 Å². The van der Waals surface area contributed by atoms with Gasteiger partial charge in [-0.1, -0.05) is 30.3 Å². The summed E-state index contributed by atoms with van der Waals surface area (Å²) in [6.07, 6.45) is 5.94. The third-order valence-electron chi connectivity index (χ3n) is 4.01. The summed E-state index contributed by atoms with van der Waals surface area (Å²) in [7, 11) is 0. The van der Waals surface area contributed by atoms with Crippen LogP contribution in [0.3, 0.4) is 0 Å². The number of nitrogens with zero attached hydrogens (tertiary/aromatic N) is 3. The molecule has 0 bridgehead atoms. The van der Waals surface area contributed by atoms with E-state index < -0.39 is 0 Å². The largest absolute Gasteiger partial charge is 0.370 e. The van der Waals surface area contributed by atoms with Crippen LogP contribution < -0.4 is 5.32 Å². The molecule has 2 heterocycles.